The maximum atomic E-state index is 13.2. The summed E-state index contributed by atoms with van der Waals surface area (Å²) in [5.74, 6) is 0.388. The lowest BCUT2D eigenvalue weighted by atomic mass is 9.84. The van der Waals surface area contributed by atoms with E-state index in [-0.39, 0.29) is 24.1 Å². The highest BCUT2D eigenvalue weighted by Crippen LogP contribution is 2.38. The summed E-state index contributed by atoms with van der Waals surface area (Å²) in [5, 5.41) is 3.33. The van der Waals surface area contributed by atoms with Crippen molar-refractivity contribution in [2.45, 2.75) is 38.6 Å². The van der Waals surface area contributed by atoms with Crippen LogP contribution in [-0.4, -0.2) is 36.5 Å². The molecule has 0 saturated carbocycles. The van der Waals surface area contributed by atoms with Gasteiger partial charge in [0.05, 0.1) is 12.0 Å². The first-order valence-corrected chi connectivity index (χ1v) is 10.7. The second-order valence-corrected chi connectivity index (χ2v) is 8.59. The number of nitrogens with zero attached hydrogens (tertiary/aromatic N) is 2. The molecule has 0 aromatic heterocycles. The maximum absolute atomic E-state index is 13.2. The molecule has 1 saturated heterocycles. The van der Waals surface area contributed by atoms with Gasteiger partial charge < -0.3 is 15.8 Å². The Morgan fingerprint density at radius 3 is 2.61 bits per heavy atom. The van der Waals surface area contributed by atoms with Crippen molar-refractivity contribution in [1.82, 2.24) is 4.90 Å². The summed E-state index contributed by atoms with van der Waals surface area (Å²) in [6.45, 7) is 6.01. The van der Waals surface area contributed by atoms with Crippen LogP contribution in [0.5, 0.6) is 0 Å². The van der Waals surface area contributed by atoms with Crippen LogP contribution in [0.2, 0.25) is 0 Å². The number of ether oxygens (including phenoxy) is 1. The van der Waals surface area contributed by atoms with E-state index in [0.717, 1.165) is 48.6 Å². The molecule has 0 aliphatic carbocycles. The van der Waals surface area contributed by atoms with Gasteiger partial charge in [-0.05, 0) is 74.1 Å². The molecule has 1 atom stereocenters. The molecule has 1 fully saturated rings. The average Bonchev–Trinajstić information content (AvgIpc) is 2.74. The summed E-state index contributed by atoms with van der Waals surface area (Å²) in [7, 11) is 0. The van der Waals surface area contributed by atoms with E-state index in [2.05, 4.69) is 5.32 Å². The van der Waals surface area contributed by atoms with Crippen molar-refractivity contribution in [2.75, 3.05) is 25.1 Å². The molecule has 31 heavy (non-hydrogen) atoms. The Bertz CT molecular complexity index is 986. The third-order valence-electron chi connectivity index (χ3n) is 6.25. The van der Waals surface area contributed by atoms with Crippen molar-refractivity contribution in [3.63, 3.8) is 0 Å². The van der Waals surface area contributed by atoms with Crippen molar-refractivity contribution >= 4 is 23.2 Å². The van der Waals surface area contributed by atoms with Crippen molar-refractivity contribution < 1.29 is 13.9 Å². The molecule has 2 heterocycles. The third-order valence-corrected chi connectivity index (χ3v) is 6.25. The number of hydrogen-bond acceptors (Lipinski definition) is 5. The van der Waals surface area contributed by atoms with Crippen LogP contribution in [-0.2, 0) is 15.1 Å². The second-order valence-electron chi connectivity index (χ2n) is 8.59. The van der Waals surface area contributed by atoms with Crippen LogP contribution >= 0.6 is 0 Å². The highest BCUT2D eigenvalue weighted by Gasteiger charge is 2.39. The Labute approximate surface area is 182 Å². The van der Waals surface area contributed by atoms with Gasteiger partial charge in [-0.2, -0.15) is 0 Å². The largest absolute Gasteiger partial charge is 0.381 e. The third kappa shape index (κ3) is 4.56. The number of nitrogens with one attached hydrogen (secondary N) is 1. The van der Waals surface area contributed by atoms with Crippen LogP contribution in [0.1, 0.15) is 37.3 Å². The molecular formula is C24H29FN4O2. The number of guanidine groups is 1. The smallest absolute Gasteiger partial charge is 0.232 e. The fourth-order valence-corrected chi connectivity index (χ4v) is 4.45. The Kier molecular flexibility index (Phi) is 5.96. The van der Waals surface area contributed by atoms with Gasteiger partial charge in [0.2, 0.25) is 5.91 Å². The zero-order valence-electron chi connectivity index (χ0n) is 18.0. The molecular weight excluding hydrogens is 395 g/mol. The Morgan fingerprint density at radius 1 is 1.23 bits per heavy atom. The lowest BCUT2D eigenvalue weighted by Gasteiger charge is -2.38. The monoisotopic (exact) mass is 424 g/mol. The quantitative estimate of drug-likeness (QED) is 0.758. The van der Waals surface area contributed by atoms with E-state index in [9.17, 15) is 9.18 Å². The van der Waals surface area contributed by atoms with E-state index in [1.807, 2.05) is 32.0 Å². The summed E-state index contributed by atoms with van der Waals surface area (Å²) in [6.07, 6.45) is 2.13. The molecule has 2 aliphatic rings. The van der Waals surface area contributed by atoms with Crippen LogP contribution < -0.4 is 11.1 Å². The first-order valence-electron chi connectivity index (χ1n) is 10.7. The van der Waals surface area contributed by atoms with Crippen molar-refractivity contribution in [1.29, 1.82) is 0 Å². The normalized spacial score (nSPS) is 22.4. The Morgan fingerprint density at radius 2 is 1.94 bits per heavy atom. The van der Waals surface area contributed by atoms with E-state index in [0.29, 0.717) is 12.5 Å². The molecule has 0 radical (unpaired) electrons. The predicted molar refractivity (Wildman–Crippen MR) is 120 cm³/mol. The minimum Gasteiger partial charge on any atom is -0.381 e. The number of aliphatic imine (C=N–C) groups is 1. The number of carbonyl (C=O) groups excluding carboxylic acids is 1. The summed E-state index contributed by atoms with van der Waals surface area (Å²) in [5.41, 5.74) is 9.16. The van der Waals surface area contributed by atoms with Crippen LogP contribution in [0.3, 0.4) is 0 Å². The summed E-state index contributed by atoms with van der Waals surface area (Å²) < 4.78 is 18.6. The first kappa shape index (κ1) is 21.3. The SMILES string of the molecule is Cc1c(Nc2ccc(F)cc2)cccc1[C@]1(C)CC(=O)N(CC2CCOCC2)C(N)=N1. The van der Waals surface area contributed by atoms with Crippen LogP contribution in [0.25, 0.3) is 0 Å². The van der Waals surface area contributed by atoms with E-state index in [1.54, 1.807) is 17.0 Å². The van der Waals surface area contributed by atoms with Gasteiger partial charge >= 0.3 is 0 Å². The van der Waals surface area contributed by atoms with Crippen molar-refractivity contribution in [3.8, 4) is 0 Å². The highest BCUT2D eigenvalue weighted by atomic mass is 19.1. The number of halogens is 1. The van der Waals surface area contributed by atoms with Gasteiger partial charge in [0.25, 0.3) is 0 Å². The van der Waals surface area contributed by atoms with E-state index in [1.165, 1.54) is 12.1 Å². The Hall–Kier alpha value is -2.93. The molecule has 2 aromatic carbocycles. The fourth-order valence-electron chi connectivity index (χ4n) is 4.45. The van der Waals surface area contributed by atoms with Crippen LogP contribution in [0.4, 0.5) is 15.8 Å². The molecule has 6 nitrogen and oxygen atoms in total. The topological polar surface area (TPSA) is 80.0 Å². The number of anilines is 2. The molecule has 0 unspecified atom stereocenters. The van der Waals surface area contributed by atoms with Gasteiger partial charge in [-0.25, -0.2) is 9.38 Å². The van der Waals surface area contributed by atoms with Gasteiger partial charge in [-0.3, -0.25) is 9.69 Å². The molecule has 1 amide bonds. The lowest BCUT2D eigenvalue weighted by molar-refractivity contribution is -0.130. The van der Waals surface area contributed by atoms with Crippen molar-refractivity contribution in [3.05, 3.63) is 59.4 Å². The van der Waals surface area contributed by atoms with E-state index < -0.39 is 5.54 Å². The van der Waals surface area contributed by atoms with E-state index in [4.69, 9.17) is 15.5 Å². The van der Waals surface area contributed by atoms with Gasteiger partial charge in [0.1, 0.15) is 5.82 Å². The second kappa shape index (κ2) is 8.67. The molecule has 2 aromatic rings. The van der Waals surface area contributed by atoms with Crippen molar-refractivity contribution in [2.24, 2.45) is 16.6 Å². The number of amides is 1. The number of benzene rings is 2. The van der Waals surface area contributed by atoms with Gasteiger partial charge in [0.15, 0.2) is 5.96 Å². The molecule has 2 aliphatic heterocycles. The number of hydrogen-bond donors (Lipinski definition) is 2. The molecule has 0 spiro atoms. The minimum absolute atomic E-state index is 0.00205. The molecule has 4 rings (SSSR count). The summed E-state index contributed by atoms with van der Waals surface area (Å²) >= 11 is 0. The predicted octanol–water partition coefficient (Wildman–Crippen LogP) is 4.07. The van der Waals surface area contributed by atoms with Crippen LogP contribution in [0.15, 0.2) is 47.5 Å². The van der Waals surface area contributed by atoms with Gasteiger partial charge in [-0.1, -0.05) is 12.1 Å². The zero-order chi connectivity index (χ0) is 22.0. The number of rotatable bonds is 5. The average molecular weight is 425 g/mol. The molecule has 0 bridgehead atoms. The molecule has 3 N–H and O–H groups in total. The molecule has 164 valence electrons. The lowest BCUT2D eigenvalue weighted by Crippen LogP contribution is -2.51. The highest BCUT2D eigenvalue weighted by molar-refractivity contribution is 5.99. The summed E-state index contributed by atoms with van der Waals surface area (Å²) in [6, 6.07) is 12.1. The van der Waals surface area contributed by atoms with Crippen LogP contribution in [0, 0.1) is 18.7 Å². The van der Waals surface area contributed by atoms with E-state index >= 15 is 0 Å². The first-order chi connectivity index (χ1) is 14.9. The van der Waals surface area contributed by atoms with Gasteiger partial charge in [-0.15, -0.1) is 0 Å². The number of nitrogens with two attached hydrogens (primary N) is 1. The standard InChI is InChI=1S/C24H29FN4O2/c1-16-20(4-3-5-21(16)27-19-8-6-18(25)7-9-19)24(2)14-22(30)29(23(26)28-24)15-17-10-12-31-13-11-17/h3-9,17,27H,10-15H2,1-2H3,(H2,26,28)/t24-/m0/s1. The minimum atomic E-state index is -0.738. The molecule has 7 heteroatoms. The fraction of sp³-hybridized carbons (Fsp3) is 0.417. The number of carbonyl (C=O) groups is 1. The summed E-state index contributed by atoms with van der Waals surface area (Å²) in [4.78, 5) is 19.5. The van der Waals surface area contributed by atoms with Gasteiger partial charge in [0, 0.05) is 31.1 Å². The maximum Gasteiger partial charge on any atom is 0.232 e. The Balaban J connectivity index is 1.58. The zero-order valence-corrected chi connectivity index (χ0v) is 18.0.